The summed E-state index contributed by atoms with van der Waals surface area (Å²) in [5, 5.41) is 3.25. The van der Waals surface area contributed by atoms with E-state index in [0.717, 1.165) is 22.5 Å². The van der Waals surface area contributed by atoms with Gasteiger partial charge < -0.3 is 9.88 Å². The lowest BCUT2D eigenvalue weighted by Crippen LogP contribution is -2.07. The lowest BCUT2D eigenvalue weighted by Gasteiger charge is -2.10. The molecule has 20 heavy (non-hydrogen) atoms. The highest BCUT2D eigenvalue weighted by Crippen LogP contribution is 2.19. The van der Waals surface area contributed by atoms with Gasteiger partial charge in [0.05, 0.1) is 17.6 Å². The number of rotatable bonds is 3. The van der Waals surface area contributed by atoms with Crippen LogP contribution in [-0.2, 0) is 13.6 Å². The summed E-state index contributed by atoms with van der Waals surface area (Å²) in [4.78, 5) is 4.59. The van der Waals surface area contributed by atoms with Crippen LogP contribution in [0.25, 0.3) is 11.0 Å². The Morgan fingerprint density at radius 1 is 1.15 bits per heavy atom. The minimum Gasteiger partial charge on any atom is -0.378 e. The highest BCUT2D eigenvalue weighted by atomic mass is 19.1. The Hall–Kier alpha value is -2.36. The molecular weight excluding hydrogens is 253 g/mol. The summed E-state index contributed by atoms with van der Waals surface area (Å²) >= 11 is 0. The van der Waals surface area contributed by atoms with E-state index in [4.69, 9.17) is 0 Å². The van der Waals surface area contributed by atoms with Crippen LogP contribution in [0.1, 0.15) is 11.4 Å². The van der Waals surface area contributed by atoms with Gasteiger partial charge in [0.2, 0.25) is 0 Å². The van der Waals surface area contributed by atoms with Gasteiger partial charge in [0.1, 0.15) is 11.6 Å². The van der Waals surface area contributed by atoms with E-state index in [2.05, 4.69) is 14.9 Å². The molecule has 0 aliphatic carbocycles. The fourth-order valence-electron chi connectivity index (χ4n) is 2.33. The summed E-state index contributed by atoms with van der Waals surface area (Å²) in [6.45, 7) is 2.34. The van der Waals surface area contributed by atoms with Crippen LogP contribution in [0.5, 0.6) is 0 Å². The molecule has 2 aromatic carbocycles. The second-order valence-electron chi connectivity index (χ2n) is 4.84. The van der Waals surface area contributed by atoms with Crippen LogP contribution in [0.15, 0.2) is 42.5 Å². The van der Waals surface area contributed by atoms with Gasteiger partial charge in [-0.3, -0.25) is 0 Å². The Kier molecular flexibility index (Phi) is 3.14. The standard InChI is InChI=1S/C16H16FN3/c1-11-12(17)6-5-8-13(11)18-10-16-19-14-7-3-4-9-15(14)20(16)2/h3-9,18H,10H2,1-2H3. The van der Waals surface area contributed by atoms with Gasteiger partial charge in [0.15, 0.2) is 0 Å². The van der Waals surface area contributed by atoms with Crippen LogP contribution in [0, 0.1) is 12.7 Å². The van der Waals surface area contributed by atoms with Crippen LogP contribution < -0.4 is 5.32 Å². The van der Waals surface area contributed by atoms with E-state index in [9.17, 15) is 4.39 Å². The molecule has 1 heterocycles. The SMILES string of the molecule is Cc1c(F)cccc1NCc1nc2ccccc2n1C. The van der Waals surface area contributed by atoms with Crippen LogP contribution in [0.4, 0.5) is 10.1 Å². The molecule has 4 heteroatoms. The Bertz CT molecular complexity index is 762. The molecule has 0 atom stereocenters. The highest BCUT2D eigenvalue weighted by molar-refractivity contribution is 5.75. The Morgan fingerprint density at radius 3 is 2.75 bits per heavy atom. The van der Waals surface area contributed by atoms with E-state index < -0.39 is 0 Å². The van der Waals surface area contributed by atoms with Crippen LogP contribution in [-0.4, -0.2) is 9.55 Å². The van der Waals surface area contributed by atoms with Crippen molar-refractivity contribution >= 4 is 16.7 Å². The molecule has 0 aliphatic heterocycles. The van der Waals surface area contributed by atoms with Crippen molar-refractivity contribution in [1.82, 2.24) is 9.55 Å². The lowest BCUT2D eigenvalue weighted by atomic mass is 10.2. The van der Waals surface area contributed by atoms with Crippen molar-refractivity contribution < 1.29 is 4.39 Å². The molecule has 3 rings (SSSR count). The molecule has 0 radical (unpaired) electrons. The molecule has 1 N–H and O–H groups in total. The van der Waals surface area contributed by atoms with Gasteiger partial charge in [-0.2, -0.15) is 0 Å². The van der Waals surface area contributed by atoms with Gasteiger partial charge in [0.25, 0.3) is 0 Å². The van der Waals surface area contributed by atoms with Gasteiger partial charge >= 0.3 is 0 Å². The van der Waals surface area contributed by atoms with Gasteiger partial charge in [0, 0.05) is 18.3 Å². The molecule has 0 unspecified atom stereocenters. The number of halogens is 1. The molecule has 0 saturated heterocycles. The molecule has 0 amide bonds. The third-order valence-electron chi connectivity index (χ3n) is 3.58. The first-order chi connectivity index (χ1) is 9.66. The number of hydrogen-bond acceptors (Lipinski definition) is 2. The normalized spacial score (nSPS) is 10.9. The third kappa shape index (κ3) is 2.13. The lowest BCUT2D eigenvalue weighted by molar-refractivity contribution is 0.619. The summed E-state index contributed by atoms with van der Waals surface area (Å²) < 4.78 is 15.5. The van der Waals surface area contributed by atoms with Gasteiger partial charge in [-0.05, 0) is 31.2 Å². The van der Waals surface area contributed by atoms with E-state index in [1.807, 2.05) is 37.4 Å². The Morgan fingerprint density at radius 2 is 1.95 bits per heavy atom. The van der Waals surface area contributed by atoms with E-state index in [1.165, 1.54) is 6.07 Å². The fraction of sp³-hybridized carbons (Fsp3) is 0.188. The number of anilines is 1. The summed E-state index contributed by atoms with van der Waals surface area (Å²) in [5.74, 6) is 0.731. The second kappa shape index (κ2) is 4.96. The molecule has 0 fully saturated rings. The van der Waals surface area contributed by atoms with E-state index >= 15 is 0 Å². The monoisotopic (exact) mass is 269 g/mol. The van der Waals surface area contributed by atoms with E-state index in [0.29, 0.717) is 12.1 Å². The average molecular weight is 269 g/mol. The topological polar surface area (TPSA) is 29.9 Å². The van der Waals surface area contributed by atoms with Crippen molar-refractivity contribution in [2.24, 2.45) is 7.05 Å². The fourth-order valence-corrected chi connectivity index (χ4v) is 2.33. The Labute approximate surface area is 117 Å². The quantitative estimate of drug-likeness (QED) is 0.786. The van der Waals surface area contributed by atoms with Crippen molar-refractivity contribution in [2.75, 3.05) is 5.32 Å². The second-order valence-corrected chi connectivity index (χ2v) is 4.84. The summed E-state index contributed by atoms with van der Waals surface area (Å²) in [6, 6.07) is 13.1. The minimum atomic E-state index is -0.194. The van der Waals surface area contributed by atoms with Crippen molar-refractivity contribution in [3.05, 3.63) is 59.7 Å². The molecule has 0 spiro atoms. The maximum Gasteiger partial charge on any atom is 0.128 e. The molecule has 3 nitrogen and oxygen atoms in total. The average Bonchev–Trinajstić information content (AvgIpc) is 2.78. The van der Waals surface area contributed by atoms with Crippen molar-refractivity contribution in [3.63, 3.8) is 0 Å². The van der Waals surface area contributed by atoms with Crippen molar-refractivity contribution in [2.45, 2.75) is 13.5 Å². The predicted molar refractivity (Wildman–Crippen MR) is 79.2 cm³/mol. The summed E-state index contributed by atoms with van der Waals surface area (Å²) in [5.41, 5.74) is 3.51. The number of hydrogen-bond donors (Lipinski definition) is 1. The molecule has 0 aliphatic rings. The number of aromatic nitrogens is 2. The number of benzene rings is 2. The predicted octanol–water partition coefficient (Wildman–Crippen LogP) is 3.63. The van der Waals surface area contributed by atoms with Gasteiger partial charge in [-0.1, -0.05) is 18.2 Å². The van der Waals surface area contributed by atoms with E-state index in [-0.39, 0.29) is 5.82 Å². The minimum absolute atomic E-state index is 0.194. The van der Waals surface area contributed by atoms with Crippen molar-refractivity contribution in [3.8, 4) is 0 Å². The molecular formula is C16H16FN3. The van der Waals surface area contributed by atoms with Crippen LogP contribution >= 0.6 is 0 Å². The number of aryl methyl sites for hydroxylation is 1. The first-order valence-corrected chi connectivity index (χ1v) is 6.56. The number of imidazole rings is 1. The molecule has 3 aromatic rings. The highest BCUT2D eigenvalue weighted by Gasteiger charge is 2.08. The molecule has 0 bridgehead atoms. The zero-order chi connectivity index (χ0) is 14.1. The van der Waals surface area contributed by atoms with Gasteiger partial charge in [-0.25, -0.2) is 9.37 Å². The van der Waals surface area contributed by atoms with E-state index in [1.54, 1.807) is 13.0 Å². The summed E-state index contributed by atoms with van der Waals surface area (Å²) in [7, 11) is 1.99. The largest absolute Gasteiger partial charge is 0.378 e. The van der Waals surface area contributed by atoms with Gasteiger partial charge in [-0.15, -0.1) is 0 Å². The molecule has 0 saturated carbocycles. The smallest absolute Gasteiger partial charge is 0.128 e. The first-order valence-electron chi connectivity index (χ1n) is 6.56. The number of nitrogens with zero attached hydrogens (tertiary/aromatic N) is 2. The maximum absolute atomic E-state index is 13.5. The van der Waals surface area contributed by atoms with Crippen molar-refractivity contribution in [1.29, 1.82) is 0 Å². The number of para-hydroxylation sites is 2. The van der Waals surface area contributed by atoms with Crippen LogP contribution in [0.2, 0.25) is 0 Å². The maximum atomic E-state index is 13.5. The molecule has 102 valence electrons. The first kappa shape index (κ1) is 12.7. The zero-order valence-corrected chi connectivity index (χ0v) is 11.5. The Balaban J connectivity index is 1.87. The number of fused-ring (bicyclic) bond motifs is 1. The molecule has 1 aromatic heterocycles. The van der Waals surface area contributed by atoms with Crippen LogP contribution in [0.3, 0.4) is 0 Å². The number of nitrogens with one attached hydrogen (secondary N) is 1. The zero-order valence-electron chi connectivity index (χ0n) is 11.5. The summed E-state index contributed by atoms with van der Waals surface area (Å²) in [6.07, 6.45) is 0. The third-order valence-corrected chi connectivity index (χ3v) is 3.58.